The largest absolute Gasteiger partial charge is 0.354 e. The number of benzene rings is 1. The first-order chi connectivity index (χ1) is 12.2. The van der Waals surface area contributed by atoms with Gasteiger partial charge in [0.1, 0.15) is 0 Å². The van der Waals surface area contributed by atoms with Gasteiger partial charge in [-0.2, -0.15) is 4.31 Å². The van der Waals surface area contributed by atoms with Gasteiger partial charge in [-0.25, -0.2) is 8.42 Å². The molecule has 0 aliphatic carbocycles. The van der Waals surface area contributed by atoms with E-state index in [1.54, 1.807) is 4.31 Å². The Labute approximate surface area is 169 Å². The Balaban J connectivity index is 0.00000364. The highest BCUT2D eigenvalue weighted by Gasteiger charge is 2.35. The summed E-state index contributed by atoms with van der Waals surface area (Å²) in [5, 5.41) is 2.83. The highest BCUT2D eigenvalue weighted by Crippen LogP contribution is 2.32. The lowest BCUT2D eigenvalue weighted by Gasteiger charge is -2.35. The quantitative estimate of drug-likeness (QED) is 0.742. The fourth-order valence-electron chi connectivity index (χ4n) is 3.63. The molecule has 0 saturated carbocycles. The van der Waals surface area contributed by atoms with Crippen LogP contribution in [0.1, 0.15) is 47.9 Å². The van der Waals surface area contributed by atoms with Crippen LogP contribution in [0.25, 0.3) is 0 Å². The van der Waals surface area contributed by atoms with Crippen LogP contribution in [-0.2, 0) is 14.8 Å². The fourth-order valence-corrected chi connectivity index (χ4v) is 5.90. The summed E-state index contributed by atoms with van der Waals surface area (Å²) in [6.07, 6.45) is 2.82. The summed E-state index contributed by atoms with van der Waals surface area (Å²) in [4.78, 5) is 12.2. The van der Waals surface area contributed by atoms with Crippen molar-refractivity contribution in [2.75, 3.05) is 19.6 Å². The Morgan fingerprint density at radius 3 is 2.33 bits per heavy atom. The van der Waals surface area contributed by atoms with Gasteiger partial charge in [0.2, 0.25) is 15.9 Å². The molecule has 8 heteroatoms. The Morgan fingerprint density at radius 1 is 1.19 bits per heavy atom. The number of sulfonamides is 1. The average Bonchev–Trinajstić information content (AvgIpc) is 2.59. The lowest BCUT2D eigenvalue weighted by molar-refractivity contribution is -0.121. The summed E-state index contributed by atoms with van der Waals surface area (Å²) in [7, 11) is -3.62. The topological polar surface area (TPSA) is 92.5 Å². The Bertz CT molecular complexity index is 755. The standard InChI is InChI=1S/C19H31N3O3S.ClH/c1-13-11-14(2)16(4)19(15(13)3)26(24,25)22-10-6-5-7-17(22)12-21-18(23)8-9-20;/h11,17H,5-10,12,20H2,1-4H3,(H,21,23);1H. The van der Waals surface area contributed by atoms with Gasteiger partial charge in [-0.3, -0.25) is 4.79 Å². The highest BCUT2D eigenvalue weighted by molar-refractivity contribution is 7.89. The minimum atomic E-state index is -3.62. The summed E-state index contributed by atoms with van der Waals surface area (Å²) in [5.74, 6) is -0.130. The lowest BCUT2D eigenvalue weighted by atomic mass is 10.0. The molecule has 1 aliphatic rings. The molecule has 154 valence electrons. The van der Waals surface area contributed by atoms with E-state index >= 15 is 0 Å². The number of carbonyl (C=O) groups is 1. The summed E-state index contributed by atoms with van der Waals surface area (Å²) in [6, 6.07) is 1.82. The molecule has 0 spiro atoms. The van der Waals surface area contributed by atoms with Gasteiger partial charge >= 0.3 is 0 Å². The molecule has 1 fully saturated rings. The van der Waals surface area contributed by atoms with E-state index in [-0.39, 0.29) is 30.8 Å². The zero-order valence-electron chi connectivity index (χ0n) is 16.7. The van der Waals surface area contributed by atoms with Crippen LogP contribution in [0.4, 0.5) is 0 Å². The third kappa shape index (κ3) is 5.22. The van der Waals surface area contributed by atoms with Crippen molar-refractivity contribution >= 4 is 28.3 Å². The van der Waals surface area contributed by atoms with Crippen LogP contribution in [0.2, 0.25) is 0 Å². The van der Waals surface area contributed by atoms with Gasteiger partial charge in [0.25, 0.3) is 0 Å². The average molecular weight is 418 g/mol. The molecule has 0 bridgehead atoms. The monoisotopic (exact) mass is 417 g/mol. The van der Waals surface area contributed by atoms with Crippen molar-refractivity contribution in [1.82, 2.24) is 9.62 Å². The van der Waals surface area contributed by atoms with E-state index < -0.39 is 10.0 Å². The molecule has 1 aliphatic heterocycles. The molecular weight excluding hydrogens is 386 g/mol. The summed E-state index contributed by atoms with van der Waals surface area (Å²) in [5.41, 5.74) is 8.99. The van der Waals surface area contributed by atoms with Crippen molar-refractivity contribution < 1.29 is 13.2 Å². The van der Waals surface area contributed by atoms with Gasteiger partial charge in [0.15, 0.2) is 0 Å². The molecule has 1 amide bonds. The van der Waals surface area contributed by atoms with Crippen LogP contribution in [0.15, 0.2) is 11.0 Å². The Hall–Kier alpha value is -1.15. The third-order valence-electron chi connectivity index (χ3n) is 5.34. The number of rotatable bonds is 6. The highest BCUT2D eigenvalue weighted by atomic mass is 35.5. The van der Waals surface area contributed by atoms with Crippen LogP contribution >= 0.6 is 12.4 Å². The van der Waals surface area contributed by atoms with Crippen LogP contribution in [0.5, 0.6) is 0 Å². The van der Waals surface area contributed by atoms with E-state index in [2.05, 4.69) is 5.32 Å². The van der Waals surface area contributed by atoms with E-state index in [9.17, 15) is 13.2 Å². The predicted molar refractivity (Wildman–Crippen MR) is 111 cm³/mol. The number of carbonyl (C=O) groups excluding carboxylic acids is 1. The molecule has 1 aromatic carbocycles. The number of nitrogens with one attached hydrogen (secondary N) is 1. The van der Waals surface area contributed by atoms with Gasteiger partial charge in [-0.1, -0.05) is 12.5 Å². The normalized spacial score (nSPS) is 18.0. The number of halogens is 1. The SMILES string of the molecule is Cc1cc(C)c(C)c(S(=O)(=O)N2CCCCC2CNC(=O)CCN)c1C.Cl. The second-order valence-corrected chi connectivity index (χ2v) is 9.02. The van der Waals surface area contributed by atoms with E-state index in [0.29, 0.717) is 24.5 Å². The maximum atomic E-state index is 13.5. The van der Waals surface area contributed by atoms with E-state index in [1.807, 2.05) is 33.8 Å². The first-order valence-electron chi connectivity index (χ1n) is 9.26. The molecule has 1 heterocycles. The van der Waals surface area contributed by atoms with Crippen molar-refractivity contribution in [1.29, 1.82) is 0 Å². The number of hydrogen-bond acceptors (Lipinski definition) is 4. The van der Waals surface area contributed by atoms with Crippen LogP contribution < -0.4 is 11.1 Å². The second kappa shape index (κ2) is 9.87. The summed E-state index contributed by atoms with van der Waals surface area (Å²) >= 11 is 0. The van der Waals surface area contributed by atoms with Crippen LogP contribution in [0, 0.1) is 27.7 Å². The minimum absolute atomic E-state index is 0. The first kappa shape index (κ1) is 23.9. The second-order valence-electron chi connectivity index (χ2n) is 7.20. The summed E-state index contributed by atoms with van der Waals surface area (Å²) in [6.45, 7) is 8.75. The molecular formula is C19H32ClN3O3S. The number of nitrogens with zero attached hydrogens (tertiary/aromatic N) is 1. The molecule has 1 aromatic rings. The fraction of sp³-hybridized carbons (Fsp3) is 0.632. The van der Waals surface area contributed by atoms with Crippen LogP contribution in [-0.4, -0.2) is 44.3 Å². The number of hydrogen-bond donors (Lipinski definition) is 2. The molecule has 6 nitrogen and oxygen atoms in total. The maximum Gasteiger partial charge on any atom is 0.243 e. The molecule has 3 N–H and O–H groups in total. The maximum absolute atomic E-state index is 13.5. The Morgan fingerprint density at radius 2 is 1.78 bits per heavy atom. The number of aryl methyl sites for hydroxylation is 2. The van der Waals surface area contributed by atoms with Gasteiger partial charge in [-0.05, 0) is 62.8 Å². The van der Waals surface area contributed by atoms with Crippen LogP contribution in [0.3, 0.4) is 0 Å². The zero-order valence-corrected chi connectivity index (χ0v) is 18.3. The van der Waals surface area contributed by atoms with Crippen molar-refractivity contribution in [2.24, 2.45) is 5.73 Å². The summed E-state index contributed by atoms with van der Waals surface area (Å²) < 4.78 is 28.6. The number of amides is 1. The first-order valence-corrected chi connectivity index (χ1v) is 10.7. The van der Waals surface area contributed by atoms with Crippen molar-refractivity contribution in [3.05, 3.63) is 28.3 Å². The zero-order chi connectivity index (χ0) is 19.5. The van der Waals surface area contributed by atoms with Gasteiger partial charge in [0.05, 0.1) is 4.90 Å². The lowest BCUT2D eigenvalue weighted by Crippen LogP contribution is -2.49. The third-order valence-corrected chi connectivity index (χ3v) is 7.57. The molecule has 1 unspecified atom stereocenters. The molecule has 1 saturated heterocycles. The van der Waals surface area contributed by atoms with Gasteiger partial charge < -0.3 is 11.1 Å². The van der Waals surface area contributed by atoms with Crippen molar-refractivity contribution in [3.63, 3.8) is 0 Å². The van der Waals surface area contributed by atoms with Gasteiger partial charge in [0, 0.05) is 32.1 Å². The van der Waals surface area contributed by atoms with E-state index in [4.69, 9.17) is 5.73 Å². The van der Waals surface area contributed by atoms with E-state index in [1.165, 1.54) is 0 Å². The van der Waals surface area contributed by atoms with Gasteiger partial charge in [-0.15, -0.1) is 12.4 Å². The van der Waals surface area contributed by atoms with Crippen molar-refractivity contribution in [2.45, 2.75) is 64.3 Å². The molecule has 27 heavy (non-hydrogen) atoms. The smallest absolute Gasteiger partial charge is 0.243 e. The molecule has 0 aromatic heterocycles. The number of piperidine rings is 1. The Kier molecular flexibility index (Phi) is 8.73. The molecule has 0 radical (unpaired) electrons. The van der Waals surface area contributed by atoms with Crippen molar-refractivity contribution in [3.8, 4) is 0 Å². The van der Waals surface area contributed by atoms with E-state index in [0.717, 1.165) is 41.5 Å². The number of nitrogens with two attached hydrogens (primary N) is 1. The molecule has 1 atom stereocenters. The molecule has 2 rings (SSSR count). The predicted octanol–water partition coefficient (Wildman–Crippen LogP) is 2.35. The minimum Gasteiger partial charge on any atom is -0.354 e.